The highest BCUT2D eigenvalue weighted by Crippen LogP contribution is 2.36. The third-order valence-corrected chi connectivity index (χ3v) is 4.69. The van der Waals surface area contributed by atoms with Gasteiger partial charge in [-0.1, -0.05) is 40.5 Å². The summed E-state index contributed by atoms with van der Waals surface area (Å²) in [7, 11) is 0. The quantitative estimate of drug-likeness (QED) is 0.718. The van der Waals surface area contributed by atoms with Crippen LogP contribution in [-0.4, -0.2) is 19.6 Å². The van der Waals surface area contributed by atoms with E-state index in [-0.39, 0.29) is 0 Å². The van der Waals surface area contributed by atoms with E-state index in [2.05, 4.69) is 33.0 Å². The van der Waals surface area contributed by atoms with Gasteiger partial charge in [0.05, 0.1) is 0 Å². The SMILES string of the molecule is CC(C)C(CNCC1(CN)CCCC1)C(C)C. The van der Waals surface area contributed by atoms with Gasteiger partial charge in [0.15, 0.2) is 0 Å². The molecule has 1 rings (SSSR count). The summed E-state index contributed by atoms with van der Waals surface area (Å²) in [5, 5.41) is 3.70. The normalized spacial score (nSPS) is 19.8. The molecule has 0 aliphatic heterocycles. The number of hydrogen-bond acceptors (Lipinski definition) is 2. The molecule has 0 unspecified atom stereocenters. The zero-order valence-electron chi connectivity index (χ0n) is 12.3. The molecular weight excluding hydrogens is 208 g/mol. The average molecular weight is 240 g/mol. The molecule has 0 radical (unpaired) electrons. The molecule has 1 fully saturated rings. The molecule has 0 atom stereocenters. The monoisotopic (exact) mass is 240 g/mol. The van der Waals surface area contributed by atoms with Gasteiger partial charge in [0.2, 0.25) is 0 Å². The van der Waals surface area contributed by atoms with Gasteiger partial charge in [0.25, 0.3) is 0 Å². The van der Waals surface area contributed by atoms with Crippen molar-refractivity contribution in [2.75, 3.05) is 19.6 Å². The van der Waals surface area contributed by atoms with Crippen molar-refractivity contribution in [3.05, 3.63) is 0 Å². The second kappa shape index (κ2) is 6.75. The molecule has 0 aromatic carbocycles. The number of rotatable bonds is 7. The predicted molar refractivity (Wildman–Crippen MR) is 76.0 cm³/mol. The summed E-state index contributed by atoms with van der Waals surface area (Å²) < 4.78 is 0. The topological polar surface area (TPSA) is 38.0 Å². The first-order chi connectivity index (χ1) is 8.01. The lowest BCUT2D eigenvalue weighted by Gasteiger charge is -2.31. The summed E-state index contributed by atoms with van der Waals surface area (Å²) >= 11 is 0. The van der Waals surface area contributed by atoms with Crippen molar-refractivity contribution in [2.45, 2.75) is 53.4 Å². The van der Waals surface area contributed by atoms with E-state index in [0.29, 0.717) is 5.41 Å². The Morgan fingerprint density at radius 1 is 1.06 bits per heavy atom. The van der Waals surface area contributed by atoms with Crippen LogP contribution in [0.2, 0.25) is 0 Å². The van der Waals surface area contributed by atoms with E-state index in [0.717, 1.165) is 37.4 Å². The van der Waals surface area contributed by atoms with E-state index in [1.165, 1.54) is 25.7 Å². The van der Waals surface area contributed by atoms with Gasteiger partial charge in [-0.15, -0.1) is 0 Å². The van der Waals surface area contributed by atoms with Crippen molar-refractivity contribution < 1.29 is 0 Å². The summed E-state index contributed by atoms with van der Waals surface area (Å²) in [6.07, 6.45) is 5.39. The summed E-state index contributed by atoms with van der Waals surface area (Å²) in [6.45, 7) is 12.5. The van der Waals surface area contributed by atoms with Gasteiger partial charge < -0.3 is 11.1 Å². The fraction of sp³-hybridized carbons (Fsp3) is 1.00. The van der Waals surface area contributed by atoms with E-state index in [1.54, 1.807) is 0 Å². The molecule has 0 spiro atoms. The minimum Gasteiger partial charge on any atom is -0.330 e. The molecule has 0 amide bonds. The molecule has 0 aromatic rings. The molecule has 1 saturated carbocycles. The molecule has 0 heterocycles. The van der Waals surface area contributed by atoms with Crippen molar-refractivity contribution in [1.82, 2.24) is 5.32 Å². The minimum absolute atomic E-state index is 0.415. The Balaban J connectivity index is 2.34. The third-order valence-electron chi connectivity index (χ3n) is 4.69. The maximum Gasteiger partial charge on any atom is 0.00200 e. The van der Waals surface area contributed by atoms with Crippen molar-refractivity contribution in [3.63, 3.8) is 0 Å². The first-order valence-electron chi connectivity index (χ1n) is 7.41. The van der Waals surface area contributed by atoms with Crippen LogP contribution >= 0.6 is 0 Å². The van der Waals surface area contributed by atoms with E-state index >= 15 is 0 Å². The van der Waals surface area contributed by atoms with Gasteiger partial charge in [-0.05, 0) is 49.1 Å². The van der Waals surface area contributed by atoms with Gasteiger partial charge in [-0.3, -0.25) is 0 Å². The predicted octanol–water partition coefficient (Wildman–Crippen LogP) is 3.02. The molecule has 2 heteroatoms. The van der Waals surface area contributed by atoms with Crippen LogP contribution in [0.1, 0.15) is 53.4 Å². The largest absolute Gasteiger partial charge is 0.330 e. The van der Waals surface area contributed by atoms with Crippen molar-refractivity contribution in [2.24, 2.45) is 28.9 Å². The van der Waals surface area contributed by atoms with Crippen LogP contribution in [0.15, 0.2) is 0 Å². The van der Waals surface area contributed by atoms with Crippen LogP contribution < -0.4 is 11.1 Å². The van der Waals surface area contributed by atoms with Crippen molar-refractivity contribution in [3.8, 4) is 0 Å². The summed E-state index contributed by atoms with van der Waals surface area (Å²) in [5.74, 6) is 2.31. The highest BCUT2D eigenvalue weighted by atomic mass is 14.9. The maximum atomic E-state index is 5.97. The first kappa shape index (κ1) is 15.0. The summed E-state index contributed by atoms with van der Waals surface area (Å²) in [5.41, 5.74) is 6.38. The van der Waals surface area contributed by atoms with Gasteiger partial charge in [0, 0.05) is 6.54 Å². The maximum absolute atomic E-state index is 5.97. The summed E-state index contributed by atoms with van der Waals surface area (Å²) in [4.78, 5) is 0. The Bertz CT molecular complexity index is 197. The van der Waals surface area contributed by atoms with E-state index in [1.807, 2.05) is 0 Å². The van der Waals surface area contributed by atoms with Crippen LogP contribution in [0, 0.1) is 23.2 Å². The third kappa shape index (κ3) is 4.26. The van der Waals surface area contributed by atoms with E-state index < -0.39 is 0 Å². The lowest BCUT2D eigenvalue weighted by Crippen LogP contribution is -2.41. The summed E-state index contributed by atoms with van der Waals surface area (Å²) in [6, 6.07) is 0. The van der Waals surface area contributed by atoms with Gasteiger partial charge in [0.1, 0.15) is 0 Å². The van der Waals surface area contributed by atoms with Gasteiger partial charge >= 0.3 is 0 Å². The Labute approximate surface area is 108 Å². The molecule has 0 bridgehead atoms. The fourth-order valence-electron chi connectivity index (χ4n) is 3.32. The molecule has 3 N–H and O–H groups in total. The number of nitrogens with one attached hydrogen (secondary N) is 1. The zero-order chi connectivity index (χ0) is 12.9. The van der Waals surface area contributed by atoms with Crippen LogP contribution in [0.4, 0.5) is 0 Å². The lowest BCUT2D eigenvalue weighted by molar-refractivity contribution is 0.239. The standard InChI is InChI=1S/C15H32N2/c1-12(2)14(13(3)4)9-17-11-15(10-16)7-5-6-8-15/h12-14,17H,5-11,16H2,1-4H3. The van der Waals surface area contributed by atoms with Crippen LogP contribution in [-0.2, 0) is 0 Å². The smallest absolute Gasteiger partial charge is 0.00200 e. The second-order valence-electron chi connectivity index (χ2n) is 6.69. The van der Waals surface area contributed by atoms with Crippen LogP contribution in [0.5, 0.6) is 0 Å². The van der Waals surface area contributed by atoms with Crippen LogP contribution in [0.3, 0.4) is 0 Å². The average Bonchev–Trinajstić information content (AvgIpc) is 2.72. The van der Waals surface area contributed by atoms with Crippen molar-refractivity contribution in [1.29, 1.82) is 0 Å². The molecule has 0 aromatic heterocycles. The first-order valence-corrected chi connectivity index (χ1v) is 7.41. The molecule has 17 heavy (non-hydrogen) atoms. The molecule has 1 aliphatic rings. The lowest BCUT2D eigenvalue weighted by atomic mass is 9.83. The Morgan fingerprint density at radius 3 is 2.00 bits per heavy atom. The molecule has 102 valence electrons. The zero-order valence-corrected chi connectivity index (χ0v) is 12.3. The molecule has 2 nitrogen and oxygen atoms in total. The second-order valence-corrected chi connectivity index (χ2v) is 6.69. The van der Waals surface area contributed by atoms with Crippen LogP contribution in [0.25, 0.3) is 0 Å². The van der Waals surface area contributed by atoms with E-state index in [4.69, 9.17) is 5.73 Å². The Kier molecular flexibility index (Phi) is 5.94. The van der Waals surface area contributed by atoms with Crippen molar-refractivity contribution >= 4 is 0 Å². The highest BCUT2D eigenvalue weighted by Gasteiger charge is 2.32. The number of hydrogen-bond donors (Lipinski definition) is 2. The number of nitrogens with two attached hydrogens (primary N) is 1. The molecular formula is C15H32N2. The highest BCUT2D eigenvalue weighted by molar-refractivity contribution is 4.87. The van der Waals surface area contributed by atoms with Gasteiger partial charge in [-0.25, -0.2) is 0 Å². The molecule has 1 aliphatic carbocycles. The fourth-order valence-corrected chi connectivity index (χ4v) is 3.32. The molecule has 0 saturated heterocycles. The Morgan fingerprint density at radius 2 is 1.59 bits per heavy atom. The Hall–Kier alpha value is -0.0800. The van der Waals surface area contributed by atoms with Gasteiger partial charge in [-0.2, -0.15) is 0 Å². The minimum atomic E-state index is 0.415. The van der Waals surface area contributed by atoms with E-state index in [9.17, 15) is 0 Å².